The van der Waals surface area contributed by atoms with Crippen molar-refractivity contribution < 1.29 is 33.3 Å². The van der Waals surface area contributed by atoms with Crippen molar-refractivity contribution in [3.05, 3.63) is 75.6 Å². The van der Waals surface area contributed by atoms with Crippen LogP contribution in [-0.4, -0.2) is 27.1 Å². The smallest absolute Gasteiger partial charge is 0.342 e. The second kappa shape index (κ2) is 7.43. The summed E-state index contributed by atoms with van der Waals surface area (Å²) >= 11 is 0. The van der Waals surface area contributed by atoms with E-state index in [0.717, 1.165) is 12.1 Å². The van der Waals surface area contributed by atoms with Gasteiger partial charge in [-0.25, -0.2) is 18.4 Å². The Hall–Kier alpha value is -4.21. The number of pyridine rings is 1. The number of halogens is 2. The number of para-hydroxylation sites is 1. The maximum absolute atomic E-state index is 13.5. The van der Waals surface area contributed by atoms with Crippen molar-refractivity contribution in [3.8, 4) is 22.6 Å². The van der Waals surface area contributed by atoms with Crippen LogP contribution in [0.3, 0.4) is 0 Å². The number of nitrogen functional groups attached to an aromatic ring is 1. The van der Waals surface area contributed by atoms with E-state index in [4.69, 9.17) is 10.5 Å². The number of H-pyrrole nitrogens is 1. The number of anilines is 1. The molecule has 29 heavy (non-hydrogen) atoms. The van der Waals surface area contributed by atoms with Gasteiger partial charge >= 0.3 is 11.9 Å². The Labute approximate surface area is 160 Å². The Balaban J connectivity index is 2.31. The molecule has 148 valence electrons. The Morgan fingerprint density at radius 2 is 1.55 bits per heavy atom. The van der Waals surface area contributed by atoms with E-state index in [9.17, 15) is 33.4 Å². The van der Waals surface area contributed by atoms with Gasteiger partial charge in [-0.3, -0.25) is 4.79 Å². The number of aromatic carboxylic acids is 2. The average molecular weight is 402 g/mol. The van der Waals surface area contributed by atoms with Crippen LogP contribution >= 0.6 is 0 Å². The summed E-state index contributed by atoms with van der Waals surface area (Å²) in [5.41, 5.74) is 2.32. The fourth-order valence-electron chi connectivity index (χ4n) is 2.79. The molecule has 0 amide bonds. The summed E-state index contributed by atoms with van der Waals surface area (Å²) in [6.45, 7) is 0. The lowest BCUT2D eigenvalue weighted by Crippen LogP contribution is -2.24. The summed E-state index contributed by atoms with van der Waals surface area (Å²) in [5, 5.41) is 19.0. The largest absolute Gasteiger partial charge is 0.478 e. The molecule has 0 unspecified atom stereocenters. The number of nitrogens with one attached hydrogen (secondary N) is 1. The molecule has 0 radical (unpaired) electrons. The minimum Gasteiger partial charge on any atom is -0.478 e. The molecule has 10 heteroatoms. The molecule has 0 saturated carbocycles. The Morgan fingerprint density at radius 3 is 2.14 bits per heavy atom. The first-order valence-corrected chi connectivity index (χ1v) is 7.94. The monoisotopic (exact) mass is 402 g/mol. The molecule has 0 bridgehead atoms. The first kappa shape index (κ1) is 19.5. The van der Waals surface area contributed by atoms with Gasteiger partial charge in [0, 0.05) is 29.3 Å². The van der Waals surface area contributed by atoms with Gasteiger partial charge in [-0.05, 0) is 6.07 Å². The molecule has 0 saturated heterocycles. The molecule has 8 nitrogen and oxygen atoms in total. The number of aromatic nitrogens is 1. The zero-order valence-corrected chi connectivity index (χ0v) is 14.4. The number of aromatic amines is 1. The number of nitrogens with two attached hydrogens (primary N) is 1. The van der Waals surface area contributed by atoms with Crippen molar-refractivity contribution in [1.82, 2.24) is 4.98 Å². The van der Waals surface area contributed by atoms with Gasteiger partial charge in [-0.2, -0.15) is 0 Å². The molecule has 1 heterocycles. The first-order valence-electron chi connectivity index (χ1n) is 7.94. The third-order valence-electron chi connectivity index (χ3n) is 3.89. The molecule has 1 aromatic heterocycles. The molecule has 0 aliphatic rings. The Kier molecular flexibility index (Phi) is 5.01. The van der Waals surface area contributed by atoms with E-state index < -0.39 is 51.6 Å². The SMILES string of the molecule is Nc1[nH]c(=O)c(C(=O)O)c(-c2ccccc2Oc2cc(F)cc(F)c2)c1C(=O)O. The third-order valence-corrected chi connectivity index (χ3v) is 3.89. The molecule has 0 fully saturated rings. The van der Waals surface area contributed by atoms with Gasteiger partial charge in [0.05, 0.1) is 0 Å². The fraction of sp³-hybridized carbons (Fsp3) is 0. The van der Waals surface area contributed by atoms with Crippen LogP contribution in [0.5, 0.6) is 11.5 Å². The zero-order chi connectivity index (χ0) is 21.3. The van der Waals surface area contributed by atoms with E-state index in [-0.39, 0.29) is 17.1 Å². The van der Waals surface area contributed by atoms with Crippen LogP contribution in [0.2, 0.25) is 0 Å². The van der Waals surface area contributed by atoms with Crippen LogP contribution in [0.1, 0.15) is 20.7 Å². The number of hydrogen-bond donors (Lipinski definition) is 4. The van der Waals surface area contributed by atoms with Gasteiger partial charge in [0.25, 0.3) is 5.56 Å². The summed E-state index contributed by atoms with van der Waals surface area (Å²) in [7, 11) is 0. The normalized spacial score (nSPS) is 10.6. The Bertz CT molecular complexity index is 1190. The number of rotatable bonds is 5. The zero-order valence-electron chi connectivity index (χ0n) is 14.4. The van der Waals surface area contributed by atoms with Crippen LogP contribution in [0.15, 0.2) is 47.3 Å². The molecular formula is C19H12F2N2O6. The quantitative estimate of drug-likeness (QED) is 0.513. The van der Waals surface area contributed by atoms with E-state index in [1.165, 1.54) is 24.3 Å². The second-order valence-corrected chi connectivity index (χ2v) is 5.81. The van der Waals surface area contributed by atoms with E-state index in [1.807, 2.05) is 4.98 Å². The number of carbonyl (C=O) groups is 2. The van der Waals surface area contributed by atoms with Crippen LogP contribution in [0, 0.1) is 11.6 Å². The summed E-state index contributed by atoms with van der Waals surface area (Å²) in [6, 6.07) is 7.88. The number of carboxylic acid groups (broad SMARTS) is 2. The van der Waals surface area contributed by atoms with Gasteiger partial charge in [-0.1, -0.05) is 18.2 Å². The molecule has 3 rings (SSSR count). The van der Waals surface area contributed by atoms with Crippen molar-refractivity contribution in [1.29, 1.82) is 0 Å². The molecule has 0 aliphatic carbocycles. The highest BCUT2D eigenvalue weighted by Crippen LogP contribution is 2.38. The summed E-state index contributed by atoms with van der Waals surface area (Å²) in [6.07, 6.45) is 0. The standard InChI is InChI=1S/C19H12F2N2O6/c20-8-5-9(21)7-10(6-8)29-12-4-2-1-3-11(12)13-14(18(25)26)16(22)23-17(24)15(13)19(27)28/h1-7H,(H,25,26)(H,27,28)(H3,22,23,24). The van der Waals surface area contributed by atoms with Gasteiger partial charge in [0.1, 0.15) is 40.1 Å². The minimum absolute atomic E-state index is 0.121. The lowest BCUT2D eigenvalue weighted by molar-refractivity contribution is 0.0695. The van der Waals surface area contributed by atoms with Crippen molar-refractivity contribution in [2.75, 3.05) is 5.73 Å². The van der Waals surface area contributed by atoms with Crippen LogP contribution < -0.4 is 16.0 Å². The minimum atomic E-state index is -1.70. The van der Waals surface area contributed by atoms with Gasteiger partial charge in [0.15, 0.2) is 0 Å². The molecule has 2 aromatic carbocycles. The van der Waals surface area contributed by atoms with E-state index >= 15 is 0 Å². The number of hydrogen-bond acceptors (Lipinski definition) is 5. The Morgan fingerprint density at radius 1 is 0.966 bits per heavy atom. The predicted molar refractivity (Wildman–Crippen MR) is 97.3 cm³/mol. The third kappa shape index (κ3) is 3.76. The number of carboxylic acids is 2. The number of ether oxygens (including phenoxy) is 1. The highest BCUT2D eigenvalue weighted by molar-refractivity contribution is 6.08. The van der Waals surface area contributed by atoms with E-state index in [1.54, 1.807) is 0 Å². The van der Waals surface area contributed by atoms with E-state index in [2.05, 4.69) is 0 Å². The lowest BCUT2D eigenvalue weighted by Gasteiger charge is -2.16. The molecule has 0 aliphatic heterocycles. The summed E-state index contributed by atoms with van der Waals surface area (Å²) in [4.78, 5) is 37.5. The maximum Gasteiger partial charge on any atom is 0.342 e. The van der Waals surface area contributed by atoms with Crippen molar-refractivity contribution >= 4 is 17.8 Å². The van der Waals surface area contributed by atoms with Crippen LogP contribution in [0.25, 0.3) is 11.1 Å². The fourth-order valence-corrected chi connectivity index (χ4v) is 2.79. The van der Waals surface area contributed by atoms with Crippen molar-refractivity contribution in [2.24, 2.45) is 0 Å². The summed E-state index contributed by atoms with van der Waals surface area (Å²) in [5.74, 6) is -6.10. The topological polar surface area (TPSA) is 143 Å². The number of benzene rings is 2. The second-order valence-electron chi connectivity index (χ2n) is 5.81. The van der Waals surface area contributed by atoms with Gasteiger partial charge < -0.3 is 25.7 Å². The van der Waals surface area contributed by atoms with Gasteiger partial charge in [0.2, 0.25) is 0 Å². The summed E-state index contributed by atoms with van der Waals surface area (Å²) < 4.78 is 32.4. The molecule has 0 spiro atoms. The van der Waals surface area contributed by atoms with Crippen molar-refractivity contribution in [3.63, 3.8) is 0 Å². The molecular weight excluding hydrogens is 390 g/mol. The lowest BCUT2D eigenvalue weighted by atomic mass is 9.94. The maximum atomic E-state index is 13.5. The molecule has 5 N–H and O–H groups in total. The van der Waals surface area contributed by atoms with Crippen molar-refractivity contribution in [2.45, 2.75) is 0 Å². The predicted octanol–water partition coefficient (Wildman–Crippen LogP) is 3.09. The first-order chi connectivity index (χ1) is 13.7. The highest BCUT2D eigenvalue weighted by atomic mass is 19.1. The van der Waals surface area contributed by atoms with Gasteiger partial charge in [-0.15, -0.1) is 0 Å². The molecule has 3 aromatic rings. The molecule has 0 atom stereocenters. The van der Waals surface area contributed by atoms with Crippen LogP contribution in [0.4, 0.5) is 14.6 Å². The average Bonchev–Trinajstić information content (AvgIpc) is 2.59. The van der Waals surface area contributed by atoms with Crippen LogP contribution in [-0.2, 0) is 0 Å². The van der Waals surface area contributed by atoms with E-state index in [0.29, 0.717) is 6.07 Å². The highest BCUT2D eigenvalue weighted by Gasteiger charge is 2.28.